The summed E-state index contributed by atoms with van der Waals surface area (Å²) >= 11 is 0. The van der Waals surface area contributed by atoms with Crippen molar-refractivity contribution >= 4 is 11.9 Å². The summed E-state index contributed by atoms with van der Waals surface area (Å²) in [7, 11) is 0. The van der Waals surface area contributed by atoms with Gasteiger partial charge in [-0.2, -0.15) is 5.26 Å². The Morgan fingerprint density at radius 1 is 0.561 bits per heavy atom. The first kappa shape index (κ1) is 31.4. The molecule has 0 amide bonds. The second-order valence-corrected chi connectivity index (χ2v) is 10.2. The van der Waals surface area contributed by atoms with E-state index in [-0.39, 0.29) is 0 Å². The van der Waals surface area contributed by atoms with Crippen LogP contribution < -0.4 is 14.2 Å². The number of carbonyl (C=O) groups is 2. The third kappa shape index (κ3) is 11.9. The molecule has 3 rings (SSSR count). The Morgan fingerprint density at radius 2 is 0.951 bits per heavy atom. The molecule has 0 aliphatic heterocycles. The van der Waals surface area contributed by atoms with Gasteiger partial charge in [0.2, 0.25) is 0 Å². The molecule has 0 aliphatic carbocycles. The standard InChI is InChI=1S/C35H41NO5/c1-2-3-4-5-6-7-8-9-10-11-12-13-26-39-31-20-18-30(19-21-31)35(38)41-33-24-22-32(23-25-33)40-34(37)29-16-14-28(27-36)15-17-29/h14-25H,2-13,26H2,1H3. The van der Waals surface area contributed by atoms with E-state index in [4.69, 9.17) is 19.5 Å². The number of nitriles is 1. The minimum atomic E-state index is -0.541. The molecule has 0 atom stereocenters. The average molecular weight is 556 g/mol. The van der Waals surface area contributed by atoms with Crippen molar-refractivity contribution in [3.05, 3.63) is 89.5 Å². The van der Waals surface area contributed by atoms with Crippen LogP contribution >= 0.6 is 0 Å². The van der Waals surface area contributed by atoms with Gasteiger partial charge in [0, 0.05) is 0 Å². The van der Waals surface area contributed by atoms with Gasteiger partial charge in [-0.3, -0.25) is 0 Å². The Labute approximate surface area is 244 Å². The molecule has 0 heterocycles. The maximum absolute atomic E-state index is 12.5. The van der Waals surface area contributed by atoms with Crippen molar-refractivity contribution in [1.82, 2.24) is 0 Å². The summed E-state index contributed by atoms with van der Waals surface area (Å²) in [4.78, 5) is 24.8. The summed E-state index contributed by atoms with van der Waals surface area (Å²) in [5.41, 5.74) is 1.21. The van der Waals surface area contributed by atoms with Gasteiger partial charge in [0.1, 0.15) is 17.2 Å². The fourth-order valence-corrected chi connectivity index (χ4v) is 4.41. The molecular weight excluding hydrogens is 514 g/mol. The van der Waals surface area contributed by atoms with Crippen molar-refractivity contribution in [2.24, 2.45) is 0 Å². The van der Waals surface area contributed by atoms with Crippen LogP contribution in [0.4, 0.5) is 0 Å². The fraction of sp³-hybridized carbons (Fsp3) is 0.400. The molecule has 0 fully saturated rings. The number of hydrogen-bond acceptors (Lipinski definition) is 6. The highest BCUT2D eigenvalue weighted by molar-refractivity contribution is 5.92. The largest absolute Gasteiger partial charge is 0.494 e. The summed E-state index contributed by atoms with van der Waals surface area (Å²) < 4.78 is 16.6. The van der Waals surface area contributed by atoms with E-state index in [1.807, 2.05) is 6.07 Å². The average Bonchev–Trinajstić information content (AvgIpc) is 3.00. The van der Waals surface area contributed by atoms with Crippen LogP contribution in [0.5, 0.6) is 17.2 Å². The van der Waals surface area contributed by atoms with E-state index >= 15 is 0 Å². The van der Waals surface area contributed by atoms with Crippen LogP contribution in [0.15, 0.2) is 72.8 Å². The van der Waals surface area contributed by atoms with Crippen molar-refractivity contribution in [2.45, 2.75) is 84.0 Å². The number of esters is 2. The van der Waals surface area contributed by atoms with Crippen LogP contribution in [0.2, 0.25) is 0 Å². The zero-order chi connectivity index (χ0) is 29.1. The Morgan fingerprint density at radius 3 is 1.39 bits per heavy atom. The van der Waals surface area contributed by atoms with Gasteiger partial charge in [-0.05, 0) is 79.2 Å². The minimum Gasteiger partial charge on any atom is -0.494 e. The van der Waals surface area contributed by atoms with Crippen molar-refractivity contribution in [3.63, 3.8) is 0 Å². The molecule has 0 radical (unpaired) electrons. The fourth-order valence-electron chi connectivity index (χ4n) is 4.41. The molecule has 6 nitrogen and oxygen atoms in total. The third-order valence-corrected chi connectivity index (χ3v) is 6.85. The van der Waals surface area contributed by atoms with Gasteiger partial charge in [-0.15, -0.1) is 0 Å². The normalized spacial score (nSPS) is 10.5. The molecular formula is C35H41NO5. The van der Waals surface area contributed by atoms with Gasteiger partial charge < -0.3 is 14.2 Å². The number of hydrogen-bond donors (Lipinski definition) is 0. The zero-order valence-corrected chi connectivity index (χ0v) is 24.1. The number of benzene rings is 3. The lowest BCUT2D eigenvalue weighted by Crippen LogP contribution is -2.09. The molecule has 41 heavy (non-hydrogen) atoms. The van der Waals surface area contributed by atoms with E-state index in [2.05, 4.69) is 6.92 Å². The Balaban J connectivity index is 1.29. The van der Waals surface area contributed by atoms with Gasteiger partial charge in [0.15, 0.2) is 0 Å². The van der Waals surface area contributed by atoms with E-state index in [0.29, 0.717) is 34.8 Å². The van der Waals surface area contributed by atoms with Gasteiger partial charge in [-0.25, -0.2) is 9.59 Å². The highest BCUT2D eigenvalue weighted by atomic mass is 16.5. The minimum absolute atomic E-state index is 0.314. The van der Waals surface area contributed by atoms with E-state index in [1.165, 1.54) is 82.8 Å². The SMILES string of the molecule is CCCCCCCCCCCCCCOc1ccc(C(=O)Oc2ccc(OC(=O)c3ccc(C#N)cc3)cc2)cc1. The number of ether oxygens (including phenoxy) is 3. The molecule has 0 saturated heterocycles. The predicted molar refractivity (Wildman–Crippen MR) is 161 cm³/mol. The molecule has 3 aromatic carbocycles. The topological polar surface area (TPSA) is 85.6 Å². The van der Waals surface area contributed by atoms with Gasteiger partial charge in [0.05, 0.1) is 29.4 Å². The molecule has 0 unspecified atom stereocenters. The number of carbonyl (C=O) groups excluding carboxylic acids is 2. The van der Waals surface area contributed by atoms with Crippen molar-refractivity contribution in [1.29, 1.82) is 5.26 Å². The summed E-state index contributed by atoms with van der Waals surface area (Å²) in [6.45, 7) is 2.93. The first-order chi connectivity index (χ1) is 20.1. The molecule has 3 aromatic rings. The maximum Gasteiger partial charge on any atom is 0.343 e. The van der Waals surface area contributed by atoms with Crippen LogP contribution in [0.25, 0.3) is 0 Å². The number of nitrogens with zero attached hydrogens (tertiary/aromatic N) is 1. The van der Waals surface area contributed by atoms with Crippen LogP contribution in [0, 0.1) is 11.3 Å². The molecule has 6 heteroatoms. The van der Waals surface area contributed by atoms with Crippen molar-refractivity contribution in [3.8, 4) is 23.3 Å². The van der Waals surface area contributed by atoms with E-state index in [1.54, 1.807) is 60.7 Å². The van der Waals surface area contributed by atoms with Gasteiger partial charge in [0.25, 0.3) is 0 Å². The van der Waals surface area contributed by atoms with Crippen LogP contribution in [-0.2, 0) is 0 Å². The maximum atomic E-state index is 12.5. The second kappa shape index (κ2) is 18.3. The smallest absolute Gasteiger partial charge is 0.343 e. The van der Waals surface area contributed by atoms with E-state index in [0.717, 1.165) is 12.2 Å². The Hall–Kier alpha value is -4.11. The van der Waals surface area contributed by atoms with Crippen LogP contribution in [0.3, 0.4) is 0 Å². The molecule has 0 saturated carbocycles. The molecule has 0 N–H and O–H groups in total. The van der Waals surface area contributed by atoms with Crippen molar-refractivity contribution < 1.29 is 23.8 Å². The van der Waals surface area contributed by atoms with Gasteiger partial charge >= 0.3 is 11.9 Å². The summed E-state index contributed by atoms with van der Waals surface area (Å²) in [6, 6.07) is 21.3. The lowest BCUT2D eigenvalue weighted by Gasteiger charge is -2.08. The zero-order valence-electron chi connectivity index (χ0n) is 24.1. The first-order valence-corrected chi connectivity index (χ1v) is 14.9. The lowest BCUT2D eigenvalue weighted by molar-refractivity contribution is 0.0719. The third-order valence-electron chi connectivity index (χ3n) is 6.85. The lowest BCUT2D eigenvalue weighted by atomic mass is 10.1. The van der Waals surface area contributed by atoms with Gasteiger partial charge in [-0.1, -0.05) is 77.6 Å². The highest BCUT2D eigenvalue weighted by Crippen LogP contribution is 2.21. The first-order valence-electron chi connectivity index (χ1n) is 14.9. The molecule has 0 aliphatic rings. The summed E-state index contributed by atoms with van der Waals surface area (Å²) in [5.74, 6) is 0.354. The highest BCUT2D eigenvalue weighted by Gasteiger charge is 2.11. The van der Waals surface area contributed by atoms with Crippen LogP contribution in [0.1, 0.15) is 110 Å². The molecule has 0 bridgehead atoms. The number of unbranched alkanes of at least 4 members (excludes halogenated alkanes) is 11. The molecule has 0 aromatic heterocycles. The predicted octanol–water partition coefficient (Wildman–Crippen LogP) is 9.08. The summed E-state index contributed by atoms with van der Waals surface area (Å²) in [5, 5.41) is 8.87. The molecule has 0 spiro atoms. The quantitative estimate of drug-likeness (QED) is 0.0884. The van der Waals surface area contributed by atoms with E-state index < -0.39 is 11.9 Å². The Bertz CT molecular complexity index is 1230. The monoisotopic (exact) mass is 555 g/mol. The Kier molecular flexibility index (Phi) is 14.0. The van der Waals surface area contributed by atoms with E-state index in [9.17, 15) is 9.59 Å². The van der Waals surface area contributed by atoms with Crippen molar-refractivity contribution in [2.75, 3.05) is 6.61 Å². The molecule has 216 valence electrons. The van der Waals surface area contributed by atoms with Crippen LogP contribution in [-0.4, -0.2) is 18.5 Å². The summed E-state index contributed by atoms with van der Waals surface area (Å²) in [6.07, 6.45) is 15.7. The second-order valence-electron chi connectivity index (χ2n) is 10.2. The number of rotatable bonds is 18.